The molecule has 2 aromatic rings. The second-order valence-corrected chi connectivity index (χ2v) is 5.53. The zero-order chi connectivity index (χ0) is 17.6. The van der Waals surface area contributed by atoms with E-state index in [1.165, 1.54) is 0 Å². The monoisotopic (exact) mass is 339 g/mol. The van der Waals surface area contributed by atoms with E-state index in [1.807, 2.05) is 18.2 Å². The van der Waals surface area contributed by atoms with E-state index in [0.717, 1.165) is 4.90 Å². The molecule has 128 valence electrons. The topological polar surface area (TPSA) is 72.9 Å². The van der Waals surface area contributed by atoms with Crippen molar-refractivity contribution in [2.45, 2.75) is 12.8 Å². The third-order valence-corrected chi connectivity index (χ3v) is 3.78. The van der Waals surface area contributed by atoms with Crippen LogP contribution in [0, 0.1) is 0 Å². The largest absolute Gasteiger partial charge is 0.456 e. The van der Waals surface area contributed by atoms with Crippen LogP contribution >= 0.6 is 0 Å². The van der Waals surface area contributed by atoms with Gasteiger partial charge in [-0.15, -0.1) is 0 Å². The minimum absolute atomic E-state index is 0.215. The Morgan fingerprint density at radius 2 is 1.72 bits per heavy atom. The Bertz CT molecular complexity index is 787. The van der Waals surface area contributed by atoms with Gasteiger partial charge >= 0.3 is 5.97 Å². The first-order chi connectivity index (χ1) is 12.1. The molecule has 0 atom stereocenters. The van der Waals surface area contributed by atoms with Crippen molar-refractivity contribution in [2.75, 3.05) is 13.2 Å². The van der Waals surface area contributed by atoms with Crippen LogP contribution < -0.4 is 4.74 Å². The lowest BCUT2D eigenvalue weighted by Crippen LogP contribution is -2.35. The number of ether oxygens (including phenoxy) is 2. The number of hydrogen-bond donors (Lipinski definition) is 0. The Hall–Kier alpha value is -3.15. The summed E-state index contributed by atoms with van der Waals surface area (Å²) in [5.74, 6) is -0.484. The summed E-state index contributed by atoms with van der Waals surface area (Å²) in [6.07, 6.45) is 1.000. The predicted molar refractivity (Wildman–Crippen MR) is 89.2 cm³/mol. The molecular weight excluding hydrogens is 322 g/mol. The molecule has 3 rings (SSSR count). The highest BCUT2D eigenvalue weighted by atomic mass is 16.5. The number of nitrogens with zero attached hydrogens (tertiary/aromatic N) is 1. The number of benzene rings is 2. The third-order valence-electron chi connectivity index (χ3n) is 3.78. The summed E-state index contributed by atoms with van der Waals surface area (Å²) in [6.45, 7) is -0.0901. The molecule has 0 bridgehead atoms. The number of carbonyl (C=O) groups is 3. The fourth-order valence-electron chi connectivity index (χ4n) is 2.53. The highest BCUT2D eigenvalue weighted by Gasteiger charge is 2.27. The number of esters is 1. The Labute approximate surface area is 145 Å². The van der Waals surface area contributed by atoms with E-state index < -0.39 is 18.5 Å². The van der Waals surface area contributed by atoms with Crippen LogP contribution in [-0.4, -0.2) is 35.8 Å². The van der Waals surface area contributed by atoms with Gasteiger partial charge < -0.3 is 9.47 Å². The van der Waals surface area contributed by atoms with E-state index in [-0.39, 0.29) is 11.5 Å². The van der Waals surface area contributed by atoms with Crippen molar-refractivity contribution >= 4 is 17.8 Å². The molecule has 1 heterocycles. The summed E-state index contributed by atoms with van der Waals surface area (Å²) in [7, 11) is 0. The van der Waals surface area contributed by atoms with Crippen molar-refractivity contribution in [3.05, 3.63) is 60.2 Å². The number of para-hydroxylation sites is 2. The quantitative estimate of drug-likeness (QED) is 0.783. The van der Waals surface area contributed by atoms with Gasteiger partial charge in [-0.25, -0.2) is 4.79 Å². The molecule has 0 unspecified atom stereocenters. The highest BCUT2D eigenvalue weighted by molar-refractivity contribution is 5.99. The van der Waals surface area contributed by atoms with Crippen molar-refractivity contribution in [3.63, 3.8) is 0 Å². The van der Waals surface area contributed by atoms with E-state index >= 15 is 0 Å². The minimum atomic E-state index is -0.675. The number of hydrogen-bond acceptors (Lipinski definition) is 5. The molecule has 1 aliphatic rings. The molecule has 6 heteroatoms. The van der Waals surface area contributed by atoms with Crippen molar-refractivity contribution in [1.82, 2.24) is 4.90 Å². The zero-order valence-electron chi connectivity index (χ0n) is 13.5. The molecule has 25 heavy (non-hydrogen) atoms. The van der Waals surface area contributed by atoms with Crippen LogP contribution in [-0.2, 0) is 14.3 Å². The van der Waals surface area contributed by atoms with Crippen LogP contribution in [0.1, 0.15) is 23.2 Å². The van der Waals surface area contributed by atoms with Gasteiger partial charge in [0, 0.05) is 13.0 Å². The van der Waals surface area contributed by atoms with E-state index in [2.05, 4.69) is 0 Å². The van der Waals surface area contributed by atoms with Crippen molar-refractivity contribution < 1.29 is 23.9 Å². The summed E-state index contributed by atoms with van der Waals surface area (Å²) in [4.78, 5) is 36.9. The molecule has 2 aromatic carbocycles. The van der Waals surface area contributed by atoms with Crippen molar-refractivity contribution in [2.24, 2.45) is 0 Å². The molecule has 1 aliphatic heterocycles. The minimum Gasteiger partial charge on any atom is -0.456 e. The van der Waals surface area contributed by atoms with Crippen molar-refractivity contribution in [1.29, 1.82) is 0 Å². The van der Waals surface area contributed by atoms with Gasteiger partial charge in [0.05, 0.1) is 0 Å². The predicted octanol–water partition coefficient (Wildman–Crippen LogP) is 2.78. The SMILES string of the molecule is O=C(OCC(=O)N1CCCC1=O)c1ccccc1Oc1ccccc1. The lowest BCUT2D eigenvalue weighted by molar-refractivity contribution is -0.143. The highest BCUT2D eigenvalue weighted by Crippen LogP contribution is 2.25. The first-order valence-electron chi connectivity index (χ1n) is 7.97. The summed E-state index contributed by atoms with van der Waals surface area (Å²) >= 11 is 0. The maximum absolute atomic E-state index is 12.3. The van der Waals surface area contributed by atoms with Crippen molar-refractivity contribution in [3.8, 4) is 11.5 Å². The van der Waals surface area contributed by atoms with Crippen LogP contribution in [0.5, 0.6) is 11.5 Å². The Kier molecular flexibility index (Phi) is 5.09. The Morgan fingerprint density at radius 1 is 1.00 bits per heavy atom. The van der Waals surface area contributed by atoms with Crippen LogP contribution in [0.4, 0.5) is 0 Å². The summed E-state index contributed by atoms with van der Waals surface area (Å²) in [5, 5.41) is 0. The van der Waals surface area contributed by atoms with Crippen LogP contribution in [0.25, 0.3) is 0 Å². The Balaban J connectivity index is 1.66. The molecule has 2 amide bonds. The first kappa shape index (κ1) is 16.7. The second kappa shape index (κ2) is 7.61. The summed E-state index contributed by atoms with van der Waals surface area (Å²) in [5.41, 5.74) is 0.215. The van der Waals surface area contributed by atoms with Gasteiger partial charge in [0.1, 0.15) is 17.1 Å². The molecule has 1 fully saturated rings. The third kappa shape index (κ3) is 4.03. The van der Waals surface area contributed by atoms with E-state index in [9.17, 15) is 14.4 Å². The number of carbonyl (C=O) groups excluding carboxylic acids is 3. The summed E-state index contributed by atoms with van der Waals surface area (Å²) < 4.78 is 10.8. The van der Waals surface area contributed by atoms with E-state index in [4.69, 9.17) is 9.47 Å². The molecule has 0 saturated carbocycles. The molecule has 6 nitrogen and oxygen atoms in total. The molecular formula is C19H17NO5. The molecule has 1 saturated heterocycles. The molecule has 0 aromatic heterocycles. The fraction of sp³-hybridized carbons (Fsp3) is 0.211. The summed E-state index contributed by atoms with van der Waals surface area (Å²) in [6, 6.07) is 15.7. The maximum Gasteiger partial charge on any atom is 0.342 e. The first-order valence-corrected chi connectivity index (χ1v) is 7.97. The van der Waals surface area contributed by atoms with Gasteiger partial charge in [-0.3, -0.25) is 14.5 Å². The number of likely N-dealkylation sites (tertiary alicyclic amines) is 1. The van der Waals surface area contributed by atoms with Gasteiger partial charge in [0.15, 0.2) is 6.61 Å². The fourth-order valence-corrected chi connectivity index (χ4v) is 2.53. The zero-order valence-corrected chi connectivity index (χ0v) is 13.5. The molecule has 0 spiro atoms. The maximum atomic E-state index is 12.3. The van der Waals surface area contributed by atoms with Crippen LogP contribution in [0.3, 0.4) is 0 Å². The van der Waals surface area contributed by atoms with Gasteiger partial charge in [-0.2, -0.15) is 0 Å². The number of rotatable bonds is 5. The number of imide groups is 1. The van der Waals surface area contributed by atoms with E-state index in [1.54, 1.807) is 36.4 Å². The molecule has 0 N–H and O–H groups in total. The van der Waals surface area contributed by atoms with E-state index in [0.29, 0.717) is 30.9 Å². The van der Waals surface area contributed by atoms with Gasteiger partial charge in [-0.05, 0) is 30.7 Å². The van der Waals surface area contributed by atoms with Gasteiger partial charge in [0.25, 0.3) is 5.91 Å². The average Bonchev–Trinajstić information content (AvgIpc) is 3.07. The average molecular weight is 339 g/mol. The molecule has 0 radical (unpaired) electrons. The lowest BCUT2D eigenvalue weighted by Gasteiger charge is -2.14. The number of amides is 2. The second-order valence-electron chi connectivity index (χ2n) is 5.53. The Morgan fingerprint density at radius 3 is 2.44 bits per heavy atom. The smallest absolute Gasteiger partial charge is 0.342 e. The normalized spacial score (nSPS) is 13.6. The van der Waals surface area contributed by atoms with Gasteiger partial charge in [-0.1, -0.05) is 30.3 Å². The van der Waals surface area contributed by atoms with Crippen LogP contribution in [0.2, 0.25) is 0 Å². The van der Waals surface area contributed by atoms with Crippen LogP contribution in [0.15, 0.2) is 54.6 Å². The molecule has 0 aliphatic carbocycles. The standard InChI is InChI=1S/C19H17NO5/c21-17-11-6-12-20(17)18(22)13-24-19(23)15-9-4-5-10-16(15)25-14-7-2-1-3-8-14/h1-5,7-10H,6,11-13H2. The van der Waals surface area contributed by atoms with Gasteiger partial charge in [0.2, 0.25) is 5.91 Å². The lowest BCUT2D eigenvalue weighted by atomic mass is 10.2.